The van der Waals surface area contributed by atoms with E-state index in [1.807, 2.05) is 60.7 Å². The summed E-state index contributed by atoms with van der Waals surface area (Å²) in [6.45, 7) is 0.507. The highest BCUT2D eigenvalue weighted by molar-refractivity contribution is 5.68. The molecule has 1 atom stereocenters. The summed E-state index contributed by atoms with van der Waals surface area (Å²) in [5, 5.41) is 19.0. The van der Waals surface area contributed by atoms with Crippen LogP contribution in [0, 0.1) is 0 Å². The third-order valence-corrected chi connectivity index (χ3v) is 4.64. The van der Waals surface area contributed by atoms with Gasteiger partial charge in [0.1, 0.15) is 0 Å². The van der Waals surface area contributed by atoms with Gasteiger partial charge in [0.2, 0.25) is 0 Å². The van der Waals surface area contributed by atoms with Crippen molar-refractivity contribution >= 4 is 12.2 Å². The standard InChI is InChI=1S/C19H20N2O4/c22-18(23)20-11-12-21(19(24)25)16(13-20)17(14-7-3-1-4-8-14)15-9-5-2-6-10-15/h1-10,16-17H,11-13H2,(H,22,23)(H,24,25)/t16-/m0/s1. The number of carboxylic acid groups (broad SMARTS) is 2. The summed E-state index contributed by atoms with van der Waals surface area (Å²) >= 11 is 0. The zero-order valence-corrected chi connectivity index (χ0v) is 13.7. The van der Waals surface area contributed by atoms with Gasteiger partial charge < -0.3 is 20.0 Å². The quantitative estimate of drug-likeness (QED) is 0.899. The van der Waals surface area contributed by atoms with Crippen molar-refractivity contribution in [2.75, 3.05) is 19.6 Å². The van der Waals surface area contributed by atoms with Crippen LogP contribution in [-0.4, -0.2) is 57.9 Å². The molecule has 1 fully saturated rings. The van der Waals surface area contributed by atoms with Gasteiger partial charge in [-0.25, -0.2) is 9.59 Å². The number of nitrogens with zero attached hydrogens (tertiary/aromatic N) is 2. The van der Waals surface area contributed by atoms with E-state index in [4.69, 9.17) is 0 Å². The zero-order valence-electron chi connectivity index (χ0n) is 13.7. The number of carbonyl (C=O) groups is 2. The third-order valence-electron chi connectivity index (χ3n) is 4.64. The van der Waals surface area contributed by atoms with Gasteiger partial charge in [-0.1, -0.05) is 60.7 Å². The molecule has 0 aliphatic carbocycles. The SMILES string of the molecule is O=C(O)N1CCN(C(=O)O)[C@H](C(c2ccccc2)c2ccccc2)C1. The van der Waals surface area contributed by atoms with Gasteiger partial charge in [0.25, 0.3) is 0 Å². The number of rotatable bonds is 3. The maximum Gasteiger partial charge on any atom is 0.407 e. The molecule has 2 N–H and O–H groups in total. The highest BCUT2D eigenvalue weighted by Crippen LogP contribution is 2.33. The van der Waals surface area contributed by atoms with Crippen LogP contribution in [-0.2, 0) is 0 Å². The van der Waals surface area contributed by atoms with E-state index < -0.39 is 18.2 Å². The van der Waals surface area contributed by atoms with E-state index in [9.17, 15) is 19.8 Å². The highest BCUT2D eigenvalue weighted by Gasteiger charge is 2.38. The maximum absolute atomic E-state index is 11.8. The van der Waals surface area contributed by atoms with Crippen LogP contribution in [0.5, 0.6) is 0 Å². The predicted octanol–water partition coefficient (Wildman–Crippen LogP) is 3.16. The lowest BCUT2D eigenvalue weighted by Crippen LogP contribution is -2.58. The number of amides is 2. The van der Waals surface area contributed by atoms with Crippen molar-refractivity contribution in [3.8, 4) is 0 Å². The minimum Gasteiger partial charge on any atom is -0.465 e. The number of hydrogen-bond acceptors (Lipinski definition) is 2. The number of piperazine rings is 1. The largest absolute Gasteiger partial charge is 0.465 e. The summed E-state index contributed by atoms with van der Waals surface area (Å²) in [5.41, 5.74) is 1.94. The van der Waals surface area contributed by atoms with Crippen LogP contribution in [0.4, 0.5) is 9.59 Å². The Hall–Kier alpha value is -3.02. The molecule has 6 nitrogen and oxygen atoms in total. The first-order valence-corrected chi connectivity index (χ1v) is 8.15. The van der Waals surface area contributed by atoms with Crippen molar-refractivity contribution in [2.24, 2.45) is 0 Å². The molecule has 2 aromatic carbocycles. The summed E-state index contributed by atoms with van der Waals surface area (Å²) in [6.07, 6.45) is -2.04. The molecule has 1 aliphatic heterocycles. The Balaban J connectivity index is 2.05. The van der Waals surface area contributed by atoms with E-state index in [0.717, 1.165) is 11.1 Å². The van der Waals surface area contributed by atoms with Gasteiger partial charge >= 0.3 is 12.2 Å². The average molecular weight is 340 g/mol. The Bertz CT molecular complexity index is 696. The summed E-state index contributed by atoms with van der Waals surface area (Å²) in [4.78, 5) is 25.9. The van der Waals surface area contributed by atoms with Crippen molar-refractivity contribution in [3.63, 3.8) is 0 Å². The van der Waals surface area contributed by atoms with Gasteiger partial charge in [0, 0.05) is 25.6 Å². The Morgan fingerprint density at radius 1 is 0.840 bits per heavy atom. The second-order valence-electron chi connectivity index (χ2n) is 6.07. The van der Waals surface area contributed by atoms with Crippen molar-refractivity contribution in [3.05, 3.63) is 71.8 Å². The molecule has 6 heteroatoms. The van der Waals surface area contributed by atoms with Crippen LogP contribution < -0.4 is 0 Å². The van der Waals surface area contributed by atoms with Crippen LogP contribution in [0.2, 0.25) is 0 Å². The Labute approximate surface area is 145 Å². The smallest absolute Gasteiger partial charge is 0.407 e. The van der Waals surface area contributed by atoms with Gasteiger partial charge in [0.05, 0.1) is 6.04 Å². The van der Waals surface area contributed by atoms with Crippen molar-refractivity contribution in [1.82, 2.24) is 9.80 Å². The van der Waals surface area contributed by atoms with E-state index in [-0.39, 0.29) is 25.6 Å². The average Bonchev–Trinajstić information content (AvgIpc) is 2.63. The molecule has 25 heavy (non-hydrogen) atoms. The predicted molar refractivity (Wildman–Crippen MR) is 92.8 cm³/mol. The van der Waals surface area contributed by atoms with Gasteiger partial charge in [-0.2, -0.15) is 0 Å². The van der Waals surface area contributed by atoms with Gasteiger partial charge in [-0.05, 0) is 11.1 Å². The van der Waals surface area contributed by atoms with Gasteiger partial charge in [-0.15, -0.1) is 0 Å². The fourth-order valence-electron chi connectivity index (χ4n) is 3.46. The van der Waals surface area contributed by atoms with E-state index in [1.54, 1.807) is 0 Å². The molecule has 2 amide bonds. The normalized spacial score (nSPS) is 17.6. The van der Waals surface area contributed by atoms with Gasteiger partial charge in [0.15, 0.2) is 0 Å². The molecule has 0 radical (unpaired) electrons. The Morgan fingerprint density at radius 2 is 1.36 bits per heavy atom. The molecule has 1 saturated heterocycles. The van der Waals surface area contributed by atoms with E-state index >= 15 is 0 Å². The zero-order chi connectivity index (χ0) is 17.8. The Morgan fingerprint density at radius 3 is 1.80 bits per heavy atom. The Kier molecular flexibility index (Phi) is 4.88. The maximum atomic E-state index is 11.8. The lowest BCUT2D eigenvalue weighted by Gasteiger charge is -2.43. The molecular formula is C19H20N2O4. The molecule has 2 aromatic rings. The molecule has 0 bridgehead atoms. The van der Waals surface area contributed by atoms with Crippen molar-refractivity contribution < 1.29 is 19.8 Å². The minimum absolute atomic E-state index is 0.149. The van der Waals surface area contributed by atoms with E-state index in [2.05, 4.69) is 0 Å². The second kappa shape index (κ2) is 7.25. The minimum atomic E-state index is -1.02. The van der Waals surface area contributed by atoms with E-state index in [1.165, 1.54) is 9.80 Å². The summed E-state index contributed by atoms with van der Waals surface area (Å²) in [7, 11) is 0. The lowest BCUT2D eigenvalue weighted by molar-refractivity contribution is 0.0586. The topological polar surface area (TPSA) is 81.1 Å². The summed E-state index contributed by atoms with van der Waals surface area (Å²) < 4.78 is 0. The number of benzene rings is 2. The highest BCUT2D eigenvalue weighted by atomic mass is 16.4. The van der Waals surface area contributed by atoms with Crippen LogP contribution >= 0.6 is 0 Å². The fourth-order valence-corrected chi connectivity index (χ4v) is 3.46. The van der Waals surface area contributed by atoms with Crippen molar-refractivity contribution in [1.29, 1.82) is 0 Å². The van der Waals surface area contributed by atoms with Crippen molar-refractivity contribution in [2.45, 2.75) is 12.0 Å². The molecule has 3 rings (SSSR count). The molecule has 130 valence electrons. The molecule has 1 aliphatic rings. The second-order valence-corrected chi connectivity index (χ2v) is 6.07. The monoisotopic (exact) mass is 340 g/mol. The molecule has 0 aromatic heterocycles. The molecule has 0 unspecified atom stereocenters. The first kappa shape index (κ1) is 16.8. The summed E-state index contributed by atoms with van der Waals surface area (Å²) in [5.74, 6) is -0.236. The van der Waals surface area contributed by atoms with Gasteiger partial charge in [-0.3, -0.25) is 0 Å². The lowest BCUT2D eigenvalue weighted by atomic mass is 9.83. The molecule has 0 spiro atoms. The fraction of sp³-hybridized carbons (Fsp3) is 0.263. The van der Waals surface area contributed by atoms with Crippen LogP contribution in [0.3, 0.4) is 0 Å². The summed E-state index contributed by atoms with van der Waals surface area (Å²) in [6, 6.07) is 18.8. The molecular weight excluding hydrogens is 320 g/mol. The first-order chi connectivity index (χ1) is 12.1. The molecule has 0 saturated carbocycles. The van der Waals surface area contributed by atoms with E-state index in [0.29, 0.717) is 0 Å². The third kappa shape index (κ3) is 3.57. The van der Waals surface area contributed by atoms with Crippen LogP contribution in [0.1, 0.15) is 17.0 Å². The molecule has 1 heterocycles. The first-order valence-electron chi connectivity index (χ1n) is 8.15. The van der Waals surface area contributed by atoms with Crippen LogP contribution in [0.25, 0.3) is 0 Å². The van der Waals surface area contributed by atoms with Crippen LogP contribution in [0.15, 0.2) is 60.7 Å². The number of hydrogen-bond donors (Lipinski definition) is 2.